The normalized spacial score (nSPS) is 6.35. The highest BCUT2D eigenvalue weighted by molar-refractivity contribution is 7.97. The standard InChI is InChI=1S/C42H8N2O6S2/c1-3-5-7-9-11-13-15-17-19-21-23-25-27-29-31-33-35-49-50-51-43-39-37-42(46)40(38-41(39)45)44-52(47,48)36-34-32-30-28-26-24-22-20-18-16-14-12-10-8-6-4-2/h1-2,37-38,43-46H. The van der Waals surface area contributed by atoms with Gasteiger partial charge in [-0.1, -0.05) is 4.33 Å². The van der Waals surface area contributed by atoms with Gasteiger partial charge in [0.25, 0.3) is 0 Å². The summed E-state index contributed by atoms with van der Waals surface area (Å²) in [6, 6.07) is 1.92. The molecule has 10 heteroatoms. The Hall–Kier alpha value is -9.44. The zero-order valence-electron chi connectivity index (χ0n) is 25.7. The monoisotopic (exact) mass is 700 g/mol. The Labute approximate surface area is 307 Å². The molecular weight excluding hydrogens is 693 g/mol. The fourth-order valence-electron chi connectivity index (χ4n) is 2.03. The van der Waals surface area contributed by atoms with E-state index in [0.717, 1.165) is 12.1 Å². The van der Waals surface area contributed by atoms with Crippen LogP contribution >= 0.6 is 12.2 Å². The summed E-state index contributed by atoms with van der Waals surface area (Å²) < 4.78 is 33.6. The van der Waals surface area contributed by atoms with E-state index in [1.54, 1.807) is 0 Å². The summed E-state index contributed by atoms with van der Waals surface area (Å²) >= 11 is 0.462. The van der Waals surface area contributed by atoms with Crippen LogP contribution in [0.5, 0.6) is 11.5 Å². The van der Waals surface area contributed by atoms with Crippen LogP contribution in [-0.4, -0.2) is 18.6 Å². The lowest BCUT2D eigenvalue weighted by atomic mass is 10.2. The maximum absolute atomic E-state index is 12.2. The van der Waals surface area contributed by atoms with E-state index < -0.39 is 21.5 Å². The number of rotatable bonds is 6. The molecular formula is C42H8N2O6S2. The van der Waals surface area contributed by atoms with Crippen molar-refractivity contribution in [3.8, 4) is 225 Å². The number of nitrogens with one attached hydrogen (secondary N) is 2. The van der Waals surface area contributed by atoms with Crippen molar-refractivity contribution in [3.05, 3.63) is 12.1 Å². The van der Waals surface area contributed by atoms with Crippen molar-refractivity contribution >= 4 is 33.6 Å². The largest absolute Gasteiger partial charge is 0.506 e. The van der Waals surface area contributed by atoms with E-state index in [9.17, 15) is 18.6 Å². The number of sulfonamides is 1. The first-order chi connectivity index (χ1) is 25.4. The Morgan fingerprint density at radius 1 is 0.500 bits per heavy atom. The second kappa shape index (κ2) is 27.8. The molecule has 0 heterocycles. The SMILES string of the molecule is C#CC#CC#CC#CC#CC#CC#CC#CC#COOSNc1cc(O)c(NS(=O)(=O)C#CC#CC#CC#CC#CC#CC#CC#CC#C)cc1O. The molecule has 0 saturated carbocycles. The molecule has 0 aliphatic heterocycles. The summed E-state index contributed by atoms with van der Waals surface area (Å²) in [6.07, 6.45) is 12.0. The lowest BCUT2D eigenvalue weighted by Gasteiger charge is -2.10. The van der Waals surface area contributed by atoms with Crippen LogP contribution in [0.3, 0.4) is 0 Å². The van der Waals surface area contributed by atoms with E-state index in [-0.39, 0.29) is 11.4 Å². The van der Waals surface area contributed by atoms with Crippen molar-refractivity contribution in [3.63, 3.8) is 0 Å². The Bertz CT molecular complexity index is 2880. The molecule has 1 aromatic rings. The molecule has 0 aliphatic carbocycles. The average Bonchev–Trinajstić information content (AvgIpc) is 3.12. The summed E-state index contributed by atoms with van der Waals surface area (Å²) in [7, 11) is -4.30. The zero-order valence-corrected chi connectivity index (χ0v) is 27.3. The van der Waals surface area contributed by atoms with Crippen LogP contribution in [0.2, 0.25) is 0 Å². The van der Waals surface area contributed by atoms with Crippen molar-refractivity contribution in [1.82, 2.24) is 0 Å². The molecule has 52 heavy (non-hydrogen) atoms. The quantitative estimate of drug-likeness (QED) is 0.0508. The van der Waals surface area contributed by atoms with Crippen molar-refractivity contribution in [2.24, 2.45) is 0 Å². The highest BCUT2D eigenvalue weighted by atomic mass is 32.2. The predicted molar refractivity (Wildman–Crippen MR) is 198 cm³/mol. The maximum Gasteiger partial charge on any atom is 0.303 e. The molecule has 0 unspecified atom stereocenters. The van der Waals surface area contributed by atoms with Gasteiger partial charge in [-0.25, -0.2) is 0 Å². The highest BCUT2D eigenvalue weighted by Crippen LogP contribution is 2.36. The summed E-state index contributed by atoms with van der Waals surface area (Å²) in [5.41, 5.74) is -0.438. The number of terminal acetylenes is 2. The van der Waals surface area contributed by atoms with Gasteiger partial charge >= 0.3 is 10.0 Å². The van der Waals surface area contributed by atoms with Gasteiger partial charge in [-0.3, -0.25) is 14.3 Å². The van der Waals surface area contributed by atoms with Crippen LogP contribution in [0, 0.1) is 214 Å². The molecule has 234 valence electrons. The van der Waals surface area contributed by atoms with Crippen molar-refractivity contribution < 1.29 is 27.9 Å². The Morgan fingerprint density at radius 3 is 1.23 bits per heavy atom. The van der Waals surface area contributed by atoms with Crippen LogP contribution in [0.1, 0.15) is 0 Å². The third-order valence-corrected chi connectivity index (χ3v) is 5.05. The lowest BCUT2D eigenvalue weighted by molar-refractivity contribution is -0.112. The third kappa shape index (κ3) is 23.0. The van der Waals surface area contributed by atoms with Gasteiger partial charge in [0.1, 0.15) is 11.5 Å². The maximum atomic E-state index is 12.2. The summed E-state index contributed by atoms with van der Waals surface area (Å²) in [4.78, 5) is 4.55. The summed E-state index contributed by atoms with van der Waals surface area (Å²) in [6.45, 7) is 0. The summed E-state index contributed by atoms with van der Waals surface area (Å²) in [5.74, 6) is 74.5. The van der Waals surface area contributed by atoms with Gasteiger partial charge in [-0.05, 0) is 124 Å². The molecule has 0 bridgehead atoms. The van der Waals surface area contributed by atoms with Gasteiger partial charge < -0.3 is 10.2 Å². The van der Waals surface area contributed by atoms with Gasteiger partial charge in [-0.15, -0.1) is 12.8 Å². The molecule has 1 rings (SSSR count). The van der Waals surface area contributed by atoms with E-state index in [1.165, 1.54) is 0 Å². The number of hydrogen-bond donors (Lipinski definition) is 4. The van der Waals surface area contributed by atoms with Gasteiger partial charge in [-0.2, -0.15) is 8.42 Å². The zero-order chi connectivity index (χ0) is 37.8. The second-order valence-corrected chi connectivity index (χ2v) is 8.99. The van der Waals surface area contributed by atoms with Crippen LogP contribution in [-0.2, 0) is 19.2 Å². The van der Waals surface area contributed by atoms with Crippen molar-refractivity contribution in [2.45, 2.75) is 0 Å². The average molecular weight is 701 g/mol. The molecule has 0 aromatic heterocycles. The Morgan fingerprint density at radius 2 is 0.827 bits per heavy atom. The minimum absolute atomic E-state index is 0.0660. The van der Waals surface area contributed by atoms with Gasteiger partial charge in [0.15, 0.2) is 18.3 Å². The number of benzene rings is 1. The topological polar surface area (TPSA) is 117 Å². The van der Waals surface area contributed by atoms with E-state index in [1.807, 2.05) is 9.97 Å². The van der Waals surface area contributed by atoms with Crippen LogP contribution in [0.4, 0.5) is 11.4 Å². The molecule has 0 aliphatic rings. The van der Waals surface area contributed by atoms with E-state index in [4.69, 9.17) is 12.8 Å². The first-order valence-electron chi connectivity index (χ1n) is 12.7. The molecule has 0 fully saturated rings. The van der Waals surface area contributed by atoms with E-state index in [0.29, 0.717) is 12.2 Å². The molecule has 0 radical (unpaired) electrons. The lowest BCUT2D eigenvalue weighted by Crippen LogP contribution is -2.09. The Balaban J connectivity index is 2.57. The first-order valence-corrected chi connectivity index (χ1v) is 14.9. The van der Waals surface area contributed by atoms with Crippen molar-refractivity contribution in [2.75, 3.05) is 9.44 Å². The summed E-state index contributed by atoms with van der Waals surface area (Å²) in [5, 5.41) is 22.2. The molecule has 0 saturated heterocycles. The molecule has 0 atom stereocenters. The predicted octanol–water partition coefficient (Wildman–Crippen LogP) is 0.999. The van der Waals surface area contributed by atoms with E-state index >= 15 is 0 Å². The minimum Gasteiger partial charge on any atom is -0.506 e. The van der Waals surface area contributed by atoms with Gasteiger partial charge in [0.05, 0.1) is 16.6 Å². The van der Waals surface area contributed by atoms with Crippen LogP contribution in [0.25, 0.3) is 0 Å². The van der Waals surface area contributed by atoms with Crippen LogP contribution in [0.15, 0.2) is 12.1 Å². The smallest absolute Gasteiger partial charge is 0.303 e. The molecule has 8 nitrogen and oxygen atoms in total. The third-order valence-electron chi connectivity index (χ3n) is 3.75. The van der Waals surface area contributed by atoms with Crippen LogP contribution < -0.4 is 9.44 Å². The van der Waals surface area contributed by atoms with Gasteiger partial charge in [0, 0.05) is 77.3 Å². The van der Waals surface area contributed by atoms with Gasteiger partial charge in [0.2, 0.25) is 0 Å². The fraction of sp³-hybridized carbons (Fsp3) is 0. The van der Waals surface area contributed by atoms with Crippen molar-refractivity contribution in [1.29, 1.82) is 0 Å². The number of anilines is 2. The molecule has 0 amide bonds. The minimum atomic E-state index is -4.30. The number of phenolic OH excluding ortho intramolecular Hbond substituents is 2. The molecule has 0 spiro atoms. The van der Waals surface area contributed by atoms with E-state index in [2.05, 4.69) is 210 Å². The number of aromatic hydroxyl groups is 2. The highest BCUT2D eigenvalue weighted by Gasteiger charge is 2.14. The molecule has 1 aromatic carbocycles. The number of hydrogen-bond acceptors (Lipinski definition) is 8. The molecule has 4 N–H and O–H groups in total. The first kappa shape index (κ1) is 40.6. The number of phenols is 2. The second-order valence-electron chi connectivity index (χ2n) is 7.07. The Kier molecular flexibility index (Phi) is 21.7. The fourth-order valence-corrected chi connectivity index (χ4v) is 3.07.